The van der Waals surface area contributed by atoms with E-state index in [4.69, 9.17) is 0 Å². The lowest BCUT2D eigenvalue weighted by molar-refractivity contribution is 0.0190. The van der Waals surface area contributed by atoms with Crippen molar-refractivity contribution in [1.82, 2.24) is 4.90 Å². The van der Waals surface area contributed by atoms with E-state index in [9.17, 15) is 5.11 Å². The van der Waals surface area contributed by atoms with Crippen molar-refractivity contribution in [2.24, 2.45) is 0 Å². The zero-order valence-electron chi connectivity index (χ0n) is 10.5. The third-order valence-corrected chi connectivity index (χ3v) is 3.52. The van der Waals surface area contributed by atoms with E-state index in [0.717, 1.165) is 25.1 Å². The molecule has 0 amide bonds. The lowest BCUT2D eigenvalue weighted by atomic mass is 10.0. The van der Waals surface area contributed by atoms with E-state index in [1.165, 1.54) is 24.0 Å². The van der Waals surface area contributed by atoms with Gasteiger partial charge in [-0.05, 0) is 42.9 Å². The van der Waals surface area contributed by atoms with Gasteiger partial charge in [0.15, 0.2) is 0 Å². The van der Waals surface area contributed by atoms with Crippen LogP contribution in [-0.4, -0.2) is 23.1 Å². The van der Waals surface area contributed by atoms with E-state index in [2.05, 4.69) is 30.5 Å². The SMILES string of the molecule is C=CCc1cc(C(O)N2CCCC2)ccc1C. The summed E-state index contributed by atoms with van der Waals surface area (Å²) in [6.45, 7) is 7.89. The van der Waals surface area contributed by atoms with E-state index in [-0.39, 0.29) is 0 Å². The third kappa shape index (κ3) is 2.76. The number of hydrogen-bond acceptors (Lipinski definition) is 2. The van der Waals surface area contributed by atoms with Gasteiger partial charge in [-0.25, -0.2) is 0 Å². The van der Waals surface area contributed by atoms with Gasteiger partial charge < -0.3 is 5.11 Å². The molecule has 1 unspecified atom stereocenters. The molecule has 92 valence electrons. The molecule has 1 fully saturated rings. The molecule has 0 aliphatic carbocycles. The van der Waals surface area contributed by atoms with Gasteiger partial charge in [-0.3, -0.25) is 4.90 Å². The first-order valence-electron chi connectivity index (χ1n) is 6.35. The Balaban J connectivity index is 2.19. The molecule has 0 aromatic heterocycles. The second-order valence-electron chi connectivity index (χ2n) is 4.80. The molecule has 0 radical (unpaired) electrons. The molecule has 1 heterocycles. The first kappa shape index (κ1) is 12.3. The van der Waals surface area contributed by atoms with Gasteiger partial charge in [-0.1, -0.05) is 24.3 Å². The molecule has 2 nitrogen and oxygen atoms in total. The minimum absolute atomic E-state index is 0.443. The first-order valence-corrected chi connectivity index (χ1v) is 6.35. The number of aliphatic hydroxyl groups excluding tert-OH is 1. The quantitative estimate of drug-likeness (QED) is 0.805. The van der Waals surface area contributed by atoms with E-state index in [1.54, 1.807) is 0 Å². The third-order valence-electron chi connectivity index (χ3n) is 3.52. The van der Waals surface area contributed by atoms with Crippen LogP contribution >= 0.6 is 0 Å². The van der Waals surface area contributed by atoms with Gasteiger partial charge in [0.05, 0.1) is 0 Å². The van der Waals surface area contributed by atoms with Gasteiger partial charge in [-0.2, -0.15) is 0 Å². The number of nitrogens with zero attached hydrogens (tertiary/aromatic N) is 1. The summed E-state index contributed by atoms with van der Waals surface area (Å²) in [5.41, 5.74) is 3.53. The number of hydrogen-bond donors (Lipinski definition) is 1. The molecule has 0 saturated carbocycles. The van der Waals surface area contributed by atoms with Crippen molar-refractivity contribution in [1.29, 1.82) is 0 Å². The topological polar surface area (TPSA) is 23.5 Å². The minimum atomic E-state index is -0.443. The molecule has 2 heteroatoms. The zero-order chi connectivity index (χ0) is 12.3. The predicted molar refractivity (Wildman–Crippen MR) is 70.8 cm³/mol. The van der Waals surface area contributed by atoms with Crippen molar-refractivity contribution in [3.63, 3.8) is 0 Å². The highest BCUT2D eigenvalue weighted by molar-refractivity contribution is 5.33. The van der Waals surface area contributed by atoms with Crippen LogP contribution in [0.2, 0.25) is 0 Å². The van der Waals surface area contributed by atoms with Gasteiger partial charge in [0.1, 0.15) is 6.23 Å². The van der Waals surface area contributed by atoms with Crippen LogP contribution in [0.4, 0.5) is 0 Å². The van der Waals surface area contributed by atoms with Crippen LogP contribution in [0.15, 0.2) is 30.9 Å². The number of aliphatic hydroxyl groups is 1. The summed E-state index contributed by atoms with van der Waals surface area (Å²) in [6, 6.07) is 6.23. The maximum Gasteiger partial charge on any atom is 0.133 e. The summed E-state index contributed by atoms with van der Waals surface area (Å²) in [4.78, 5) is 2.14. The molecule has 1 aromatic rings. The Morgan fingerprint density at radius 2 is 2.12 bits per heavy atom. The molecule has 1 aromatic carbocycles. The van der Waals surface area contributed by atoms with Gasteiger partial charge >= 0.3 is 0 Å². The number of aryl methyl sites for hydroxylation is 1. The summed E-state index contributed by atoms with van der Waals surface area (Å²) in [6.07, 6.45) is 4.73. The average molecular weight is 231 g/mol. The monoisotopic (exact) mass is 231 g/mol. The molecule has 1 aliphatic heterocycles. The van der Waals surface area contributed by atoms with Crippen LogP contribution in [0.3, 0.4) is 0 Å². The lowest BCUT2D eigenvalue weighted by Gasteiger charge is -2.23. The van der Waals surface area contributed by atoms with Crippen molar-refractivity contribution >= 4 is 0 Å². The summed E-state index contributed by atoms with van der Waals surface area (Å²) in [7, 11) is 0. The van der Waals surface area contributed by atoms with Gasteiger partial charge in [0, 0.05) is 13.1 Å². The second-order valence-corrected chi connectivity index (χ2v) is 4.80. The van der Waals surface area contributed by atoms with E-state index >= 15 is 0 Å². The van der Waals surface area contributed by atoms with Gasteiger partial charge in [0.2, 0.25) is 0 Å². The predicted octanol–water partition coefficient (Wildman–Crippen LogP) is 2.81. The minimum Gasteiger partial charge on any atom is -0.374 e. The second kappa shape index (κ2) is 5.48. The van der Waals surface area contributed by atoms with Crippen LogP contribution in [0.1, 0.15) is 35.8 Å². The standard InChI is InChI=1S/C15H21NO/c1-3-6-13-11-14(8-7-12(13)2)15(17)16-9-4-5-10-16/h3,7-8,11,15,17H,1,4-6,9-10H2,2H3. The molecular weight excluding hydrogens is 210 g/mol. The zero-order valence-corrected chi connectivity index (χ0v) is 10.5. The molecular formula is C15H21NO. The Morgan fingerprint density at radius 3 is 2.76 bits per heavy atom. The Bertz CT molecular complexity index is 394. The molecule has 17 heavy (non-hydrogen) atoms. The smallest absolute Gasteiger partial charge is 0.133 e. The molecule has 2 rings (SSSR count). The van der Waals surface area contributed by atoms with Gasteiger partial charge in [0.25, 0.3) is 0 Å². The van der Waals surface area contributed by atoms with Crippen molar-refractivity contribution < 1.29 is 5.11 Å². The molecule has 1 atom stereocenters. The normalized spacial score (nSPS) is 18.2. The molecule has 1 aliphatic rings. The summed E-state index contributed by atoms with van der Waals surface area (Å²) >= 11 is 0. The Hall–Kier alpha value is -1.12. The molecule has 0 bridgehead atoms. The largest absolute Gasteiger partial charge is 0.374 e. The Labute approximate surface area is 104 Å². The Morgan fingerprint density at radius 1 is 1.41 bits per heavy atom. The Kier molecular flexibility index (Phi) is 3.97. The van der Waals surface area contributed by atoms with E-state index < -0.39 is 6.23 Å². The lowest BCUT2D eigenvalue weighted by Crippen LogP contribution is -2.25. The van der Waals surface area contributed by atoms with Crippen molar-refractivity contribution in [2.75, 3.05) is 13.1 Å². The number of benzene rings is 1. The summed E-state index contributed by atoms with van der Waals surface area (Å²) < 4.78 is 0. The maximum absolute atomic E-state index is 10.3. The van der Waals surface area contributed by atoms with Crippen LogP contribution < -0.4 is 0 Å². The van der Waals surface area contributed by atoms with Crippen molar-refractivity contribution in [3.8, 4) is 0 Å². The van der Waals surface area contributed by atoms with Crippen LogP contribution in [-0.2, 0) is 6.42 Å². The highest BCUT2D eigenvalue weighted by Crippen LogP contribution is 2.24. The fraction of sp³-hybridized carbons (Fsp3) is 0.467. The fourth-order valence-corrected chi connectivity index (χ4v) is 2.42. The van der Waals surface area contributed by atoms with Gasteiger partial charge in [-0.15, -0.1) is 6.58 Å². The van der Waals surface area contributed by atoms with E-state index in [0.29, 0.717) is 0 Å². The highest BCUT2D eigenvalue weighted by atomic mass is 16.3. The number of allylic oxidation sites excluding steroid dienone is 1. The maximum atomic E-state index is 10.3. The molecule has 0 spiro atoms. The van der Waals surface area contributed by atoms with Crippen molar-refractivity contribution in [2.45, 2.75) is 32.4 Å². The van der Waals surface area contributed by atoms with Crippen LogP contribution in [0.5, 0.6) is 0 Å². The molecule has 1 saturated heterocycles. The number of rotatable bonds is 4. The average Bonchev–Trinajstić information content (AvgIpc) is 2.85. The summed E-state index contributed by atoms with van der Waals surface area (Å²) in [5.74, 6) is 0. The summed E-state index contributed by atoms with van der Waals surface area (Å²) in [5, 5.41) is 10.3. The van der Waals surface area contributed by atoms with E-state index in [1.807, 2.05) is 12.1 Å². The van der Waals surface area contributed by atoms with Crippen molar-refractivity contribution in [3.05, 3.63) is 47.5 Å². The van der Waals surface area contributed by atoms with Crippen LogP contribution in [0, 0.1) is 6.92 Å². The first-order chi connectivity index (χ1) is 8.22. The highest BCUT2D eigenvalue weighted by Gasteiger charge is 2.21. The molecule has 1 N–H and O–H groups in total. The fourth-order valence-electron chi connectivity index (χ4n) is 2.42. The van der Waals surface area contributed by atoms with Crippen LogP contribution in [0.25, 0.3) is 0 Å². The number of likely N-dealkylation sites (tertiary alicyclic amines) is 1.